The Morgan fingerprint density at radius 1 is 1.45 bits per heavy atom. The predicted octanol–water partition coefficient (Wildman–Crippen LogP) is 1.78. The van der Waals surface area contributed by atoms with Crippen LogP contribution in [0.15, 0.2) is 30.7 Å². The smallest absolute Gasteiger partial charge is 0.252 e. The highest BCUT2D eigenvalue weighted by Gasteiger charge is 2.24. The van der Waals surface area contributed by atoms with E-state index in [1.54, 1.807) is 30.7 Å². The molecule has 2 aromatic rings. The van der Waals surface area contributed by atoms with Crippen molar-refractivity contribution in [3.63, 3.8) is 0 Å². The van der Waals surface area contributed by atoms with Crippen molar-refractivity contribution in [1.29, 1.82) is 0 Å². The second kappa shape index (κ2) is 5.54. The standard InChI is InChI=1S/C15H17N3O2/c1-10(11-4-7-20-9-11)18-15(19)12-2-6-17-14-3-5-16-8-13(12)14/h2-3,5-6,8,10-11H,4,7,9H2,1H3,(H,18,19)/t10-,11-/m1/s1. The number of rotatable bonds is 3. The molecule has 0 radical (unpaired) electrons. The van der Waals surface area contributed by atoms with E-state index in [0.717, 1.165) is 30.5 Å². The normalized spacial score (nSPS) is 19.9. The minimum atomic E-state index is -0.0789. The molecule has 0 aliphatic carbocycles. The van der Waals surface area contributed by atoms with Crippen LogP contribution in [0.4, 0.5) is 0 Å². The molecule has 0 aromatic carbocycles. The molecule has 1 aliphatic heterocycles. The summed E-state index contributed by atoms with van der Waals surface area (Å²) < 4.78 is 5.36. The Morgan fingerprint density at radius 3 is 3.15 bits per heavy atom. The Hall–Kier alpha value is -2.01. The van der Waals surface area contributed by atoms with Crippen LogP contribution in [-0.2, 0) is 4.74 Å². The summed E-state index contributed by atoms with van der Waals surface area (Å²) >= 11 is 0. The van der Waals surface area contributed by atoms with Crippen molar-refractivity contribution in [2.45, 2.75) is 19.4 Å². The van der Waals surface area contributed by atoms with Crippen molar-refractivity contribution >= 4 is 16.8 Å². The topological polar surface area (TPSA) is 64.1 Å². The van der Waals surface area contributed by atoms with Crippen molar-refractivity contribution in [2.75, 3.05) is 13.2 Å². The minimum Gasteiger partial charge on any atom is -0.381 e. The number of fused-ring (bicyclic) bond motifs is 1. The first kappa shape index (κ1) is 13.0. The number of ether oxygens (including phenoxy) is 1. The second-order valence-electron chi connectivity index (χ2n) is 5.14. The van der Waals surface area contributed by atoms with Crippen LogP contribution < -0.4 is 5.32 Å². The molecule has 1 amide bonds. The van der Waals surface area contributed by atoms with Gasteiger partial charge in [-0.05, 0) is 25.5 Å². The molecule has 0 bridgehead atoms. The lowest BCUT2D eigenvalue weighted by Crippen LogP contribution is -2.38. The molecule has 1 aliphatic rings. The first-order valence-corrected chi connectivity index (χ1v) is 6.83. The van der Waals surface area contributed by atoms with Crippen molar-refractivity contribution in [1.82, 2.24) is 15.3 Å². The van der Waals surface area contributed by atoms with Crippen molar-refractivity contribution in [3.05, 3.63) is 36.3 Å². The Balaban J connectivity index is 1.81. The SMILES string of the molecule is C[C@@H](NC(=O)c1ccnc2ccncc12)[C@@H]1CCOC1. The highest BCUT2D eigenvalue weighted by atomic mass is 16.5. The average molecular weight is 271 g/mol. The number of nitrogens with zero attached hydrogens (tertiary/aromatic N) is 2. The number of hydrogen-bond acceptors (Lipinski definition) is 4. The molecule has 2 aromatic heterocycles. The molecule has 5 nitrogen and oxygen atoms in total. The van der Waals surface area contributed by atoms with Crippen LogP contribution in [0.25, 0.3) is 10.9 Å². The summed E-state index contributed by atoms with van der Waals surface area (Å²) in [5.74, 6) is 0.315. The molecular weight excluding hydrogens is 254 g/mol. The van der Waals surface area contributed by atoms with Gasteiger partial charge in [0.1, 0.15) is 0 Å². The Labute approximate surface area is 117 Å². The zero-order chi connectivity index (χ0) is 13.9. The van der Waals surface area contributed by atoms with Crippen LogP contribution >= 0.6 is 0 Å². The van der Waals surface area contributed by atoms with Gasteiger partial charge in [0.15, 0.2) is 0 Å². The molecule has 20 heavy (non-hydrogen) atoms. The van der Waals surface area contributed by atoms with E-state index in [2.05, 4.69) is 15.3 Å². The lowest BCUT2D eigenvalue weighted by molar-refractivity contribution is 0.0924. The van der Waals surface area contributed by atoms with Crippen LogP contribution in [0.5, 0.6) is 0 Å². The van der Waals surface area contributed by atoms with Crippen molar-refractivity contribution in [2.24, 2.45) is 5.92 Å². The number of hydrogen-bond donors (Lipinski definition) is 1. The number of nitrogens with one attached hydrogen (secondary N) is 1. The van der Waals surface area contributed by atoms with Gasteiger partial charge in [0.25, 0.3) is 5.91 Å². The highest BCUT2D eigenvalue weighted by Crippen LogP contribution is 2.18. The monoisotopic (exact) mass is 271 g/mol. The molecule has 1 N–H and O–H groups in total. The molecule has 2 atom stereocenters. The van der Waals surface area contributed by atoms with E-state index in [0.29, 0.717) is 11.5 Å². The maximum absolute atomic E-state index is 12.4. The van der Waals surface area contributed by atoms with Crippen molar-refractivity contribution < 1.29 is 9.53 Å². The number of amides is 1. The largest absolute Gasteiger partial charge is 0.381 e. The van der Waals surface area contributed by atoms with Crippen molar-refractivity contribution in [3.8, 4) is 0 Å². The van der Waals surface area contributed by atoms with Gasteiger partial charge in [-0.25, -0.2) is 0 Å². The highest BCUT2D eigenvalue weighted by molar-refractivity contribution is 6.05. The Bertz CT molecular complexity index is 618. The Morgan fingerprint density at radius 2 is 2.35 bits per heavy atom. The number of aromatic nitrogens is 2. The fourth-order valence-electron chi connectivity index (χ4n) is 2.54. The second-order valence-corrected chi connectivity index (χ2v) is 5.14. The number of carbonyl (C=O) groups is 1. The number of pyridine rings is 2. The summed E-state index contributed by atoms with van der Waals surface area (Å²) in [6.45, 7) is 3.53. The maximum atomic E-state index is 12.4. The van der Waals surface area contributed by atoms with E-state index in [-0.39, 0.29) is 11.9 Å². The quantitative estimate of drug-likeness (QED) is 0.924. The van der Waals surface area contributed by atoms with E-state index in [1.807, 2.05) is 6.92 Å². The lowest BCUT2D eigenvalue weighted by Gasteiger charge is -2.19. The molecule has 104 valence electrons. The summed E-state index contributed by atoms with van der Waals surface area (Å²) in [4.78, 5) is 20.7. The molecule has 0 saturated carbocycles. The van der Waals surface area contributed by atoms with Gasteiger partial charge in [0.05, 0.1) is 17.7 Å². The molecule has 1 saturated heterocycles. The van der Waals surface area contributed by atoms with E-state index in [9.17, 15) is 4.79 Å². The van der Waals surface area contributed by atoms with Crippen LogP contribution in [0.2, 0.25) is 0 Å². The van der Waals surface area contributed by atoms with Gasteiger partial charge in [-0.3, -0.25) is 14.8 Å². The van der Waals surface area contributed by atoms with Gasteiger partial charge in [-0.15, -0.1) is 0 Å². The summed E-state index contributed by atoms with van der Waals surface area (Å²) in [6.07, 6.45) is 6.01. The summed E-state index contributed by atoms with van der Waals surface area (Å²) in [7, 11) is 0. The fraction of sp³-hybridized carbons (Fsp3) is 0.400. The number of carbonyl (C=O) groups excluding carboxylic acids is 1. The maximum Gasteiger partial charge on any atom is 0.252 e. The summed E-state index contributed by atoms with van der Waals surface area (Å²) in [6, 6.07) is 3.64. The molecule has 5 heteroatoms. The van der Waals surface area contributed by atoms with Crippen LogP contribution in [0, 0.1) is 5.92 Å². The zero-order valence-corrected chi connectivity index (χ0v) is 11.4. The van der Waals surface area contributed by atoms with Gasteiger partial charge < -0.3 is 10.1 Å². The first-order valence-electron chi connectivity index (χ1n) is 6.83. The third kappa shape index (κ3) is 2.49. The van der Waals surface area contributed by atoms with E-state index in [4.69, 9.17) is 4.74 Å². The molecule has 3 rings (SSSR count). The molecule has 0 spiro atoms. The van der Waals surface area contributed by atoms with Crippen LogP contribution in [-0.4, -0.2) is 35.1 Å². The van der Waals surface area contributed by atoms with E-state index >= 15 is 0 Å². The molecule has 1 fully saturated rings. The summed E-state index contributed by atoms with van der Waals surface area (Å²) in [5, 5.41) is 3.84. The lowest BCUT2D eigenvalue weighted by atomic mass is 10.00. The third-order valence-corrected chi connectivity index (χ3v) is 3.82. The first-order chi connectivity index (χ1) is 9.75. The van der Waals surface area contributed by atoms with Crippen LogP contribution in [0.3, 0.4) is 0 Å². The van der Waals surface area contributed by atoms with Gasteiger partial charge in [-0.2, -0.15) is 0 Å². The van der Waals surface area contributed by atoms with E-state index < -0.39 is 0 Å². The molecule has 3 heterocycles. The predicted molar refractivity (Wildman–Crippen MR) is 75.4 cm³/mol. The Kier molecular flexibility index (Phi) is 3.60. The fourth-order valence-corrected chi connectivity index (χ4v) is 2.54. The van der Waals surface area contributed by atoms with Gasteiger partial charge >= 0.3 is 0 Å². The van der Waals surface area contributed by atoms with Gasteiger partial charge in [0.2, 0.25) is 0 Å². The minimum absolute atomic E-state index is 0.0789. The van der Waals surface area contributed by atoms with Gasteiger partial charge in [0, 0.05) is 42.5 Å². The van der Waals surface area contributed by atoms with Gasteiger partial charge in [-0.1, -0.05) is 0 Å². The zero-order valence-electron chi connectivity index (χ0n) is 11.4. The summed E-state index contributed by atoms with van der Waals surface area (Å²) in [5.41, 5.74) is 1.40. The average Bonchev–Trinajstić information content (AvgIpc) is 3.01. The third-order valence-electron chi connectivity index (χ3n) is 3.82. The van der Waals surface area contributed by atoms with Crippen LogP contribution in [0.1, 0.15) is 23.7 Å². The molecule has 0 unspecified atom stereocenters. The molecular formula is C15H17N3O2. The van der Waals surface area contributed by atoms with E-state index in [1.165, 1.54) is 0 Å².